The normalized spacial score (nSPS) is 11.8. The van der Waals surface area contributed by atoms with Crippen LogP contribution < -0.4 is 0 Å². The zero-order valence-corrected chi connectivity index (χ0v) is 75.6. The highest BCUT2D eigenvalue weighted by Crippen LogP contribution is 2.30. The molecule has 14 rings (SSSR count). The van der Waals surface area contributed by atoms with Crippen molar-refractivity contribution in [1.29, 1.82) is 0 Å². The van der Waals surface area contributed by atoms with Gasteiger partial charge in [0.25, 0.3) is 0 Å². The molecule has 4 nitrogen and oxygen atoms in total. The second kappa shape index (κ2) is 55.2. The summed E-state index contributed by atoms with van der Waals surface area (Å²) in [6.07, 6.45) is 29.1. The van der Waals surface area contributed by atoms with Crippen molar-refractivity contribution in [3.8, 4) is 28.0 Å². The predicted molar refractivity (Wildman–Crippen MR) is 516 cm³/mol. The zero-order valence-electron chi connectivity index (χ0n) is 75.6. The molecule has 0 amide bonds. The molecule has 117 heavy (non-hydrogen) atoms. The van der Waals surface area contributed by atoms with Crippen LogP contribution in [0.15, 0.2) is 292 Å². The molecule has 2 heterocycles. The van der Waals surface area contributed by atoms with Gasteiger partial charge in [0.05, 0.1) is 6.33 Å². The van der Waals surface area contributed by atoms with E-state index in [0.29, 0.717) is 11.7 Å². The summed E-state index contributed by atoms with van der Waals surface area (Å²) in [5, 5.41) is 15.9. The van der Waals surface area contributed by atoms with Crippen LogP contribution in [0.1, 0.15) is 233 Å². The Kier molecular flexibility index (Phi) is 45.5. The minimum Gasteiger partial charge on any atom is -0.508 e. The highest BCUT2D eigenvalue weighted by Gasteiger charge is 2.14. The van der Waals surface area contributed by atoms with Gasteiger partial charge in [0.1, 0.15) is 5.75 Å². The molecule has 3 N–H and O–H groups in total. The number of phenolic OH excluding ortho intramolecular Hbond substituents is 1. The standard InChI is InChI=1S/2C17H20.2C14H16.C12H15N.C11H16O.C11H16.C10H20.C7H12N2/c2*1-14(2)8-9-15-10-12-17(13-11-15)16-6-4-3-5-7-16;1-11(2)10-13-8-5-7-12-6-3-4-9-14(12)13;1-11(2)9-12-7-8-13-5-3-4-6-14(13)10-12;1-9(2)7-10-8-13-12-6-4-3-5-11(10)12;1-9(2)3-4-10-5-7-11(12)8-6-10;1-10(2)8-9-11-6-4-3-5-7-11;1-9(2)8-10-6-4-3-5-7-10;1-6(2)3-7-4-8-5-9-7/h2*3-7,10-14H,8-9H2,1-2H3;3-9,11H,10H2,1-2H3;3-8,10-11H,9H2,1-2H3;3-6,8-9,13H,7H2,1-2H3;5-9,12H,3-4H2,1-2H3;3-7,10H,8-9H2,1-2H3;9-10H,3-8H2,1-2H3;4-6H,3H2,1-2H3,(H,8,9). The van der Waals surface area contributed by atoms with Crippen molar-refractivity contribution in [3.63, 3.8) is 0 Å². The molecule has 4 heteroatoms. The van der Waals surface area contributed by atoms with E-state index in [0.717, 1.165) is 72.5 Å². The molecule has 624 valence electrons. The fraction of sp³-hybridized carbons (Fsp3) is 0.407. The van der Waals surface area contributed by atoms with Gasteiger partial charge < -0.3 is 15.1 Å². The highest BCUT2D eigenvalue weighted by atomic mass is 16.3. The maximum Gasteiger partial charge on any atom is 0.115 e. The number of benzene rings is 11. The van der Waals surface area contributed by atoms with Gasteiger partial charge in [-0.1, -0.05) is 412 Å². The first-order valence-electron chi connectivity index (χ1n) is 44.9. The number of nitrogens with zero attached hydrogens (tertiary/aromatic N) is 1. The van der Waals surface area contributed by atoms with Gasteiger partial charge in [-0.3, -0.25) is 0 Å². The van der Waals surface area contributed by atoms with Crippen molar-refractivity contribution in [1.82, 2.24) is 15.0 Å². The number of aromatic nitrogens is 3. The summed E-state index contributed by atoms with van der Waals surface area (Å²) in [6, 6.07) is 96.1. The predicted octanol–water partition coefficient (Wildman–Crippen LogP) is 32.8. The lowest BCUT2D eigenvalue weighted by atomic mass is 9.84. The smallest absolute Gasteiger partial charge is 0.115 e. The number of rotatable bonds is 24. The largest absolute Gasteiger partial charge is 0.508 e. The lowest BCUT2D eigenvalue weighted by molar-refractivity contribution is 0.305. The van der Waals surface area contributed by atoms with Crippen molar-refractivity contribution in [2.24, 2.45) is 59.2 Å². The second-order valence-corrected chi connectivity index (χ2v) is 36.3. The minimum atomic E-state index is 0.350. The number of hydrogen-bond acceptors (Lipinski definition) is 2. The number of aryl methyl sites for hydroxylation is 4. The summed E-state index contributed by atoms with van der Waals surface area (Å²) in [6.45, 7) is 40.7. The molecular formula is C113H151N3O. The van der Waals surface area contributed by atoms with Crippen molar-refractivity contribution in [2.45, 2.75) is 240 Å². The van der Waals surface area contributed by atoms with Crippen LogP contribution in [0.5, 0.6) is 5.75 Å². The second-order valence-electron chi connectivity index (χ2n) is 36.3. The van der Waals surface area contributed by atoms with E-state index in [2.05, 4.69) is 394 Å². The Bertz CT molecular complexity index is 4510. The van der Waals surface area contributed by atoms with Crippen LogP contribution in [-0.4, -0.2) is 20.1 Å². The maximum absolute atomic E-state index is 9.03. The molecule has 0 aliphatic heterocycles. The SMILES string of the molecule is CC(C)CC1CCCCC1.CC(C)CCc1ccc(-c2ccccc2)cc1.CC(C)CCc1ccc(-c2ccccc2)cc1.CC(C)CCc1ccc(O)cc1.CC(C)CCc1ccccc1.CC(C)Cc1c[nH]c2ccccc12.CC(C)Cc1ccc2ccccc2c1.CC(C)Cc1cccc2ccccc12.CC(C)Cc1cnc[nH]1. The van der Waals surface area contributed by atoms with Crippen LogP contribution in [-0.2, 0) is 51.4 Å². The van der Waals surface area contributed by atoms with Gasteiger partial charge in [-0.2, -0.15) is 0 Å². The average molecular weight is 1570 g/mol. The Morgan fingerprint density at radius 3 is 1.16 bits per heavy atom. The van der Waals surface area contributed by atoms with Crippen molar-refractivity contribution in [2.75, 3.05) is 0 Å². The van der Waals surface area contributed by atoms with Crippen LogP contribution in [0.4, 0.5) is 0 Å². The first-order valence-corrected chi connectivity index (χ1v) is 44.9. The number of aromatic hydroxyl groups is 1. The quantitative estimate of drug-likeness (QED) is 0.0564. The van der Waals surface area contributed by atoms with Gasteiger partial charge in [0, 0.05) is 29.0 Å². The fourth-order valence-corrected chi connectivity index (χ4v) is 14.5. The monoisotopic (exact) mass is 1570 g/mol. The number of H-pyrrole nitrogens is 2. The number of nitrogens with one attached hydrogen (secondary N) is 2. The third-order valence-electron chi connectivity index (χ3n) is 20.9. The lowest BCUT2D eigenvalue weighted by Crippen LogP contribution is -2.08. The molecule has 0 saturated heterocycles. The van der Waals surface area contributed by atoms with Crippen LogP contribution in [0.25, 0.3) is 54.7 Å². The van der Waals surface area contributed by atoms with Crippen LogP contribution >= 0.6 is 0 Å². The molecule has 0 unspecified atom stereocenters. The van der Waals surface area contributed by atoms with Crippen molar-refractivity contribution < 1.29 is 5.11 Å². The maximum atomic E-state index is 9.03. The van der Waals surface area contributed by atoms with Gasteiger partial charge in [-0.05, 0) is 244 Å². The van der Waals surface area contributed by atoms with E-state index in [-0.39, 0.29) is 0 Å². The number of phenols is 1. The summed E-state index contributed by atoms with van der Waals surface area (Å²) in [5.41, 5.74) is 17.7. The zero-order chi connectivity index (χ0) is 84.5. The number of para-hydroxylation sites is 1. The molecule has 1 fully saturated rings. The topological polar surface area (TPSA) is 64.7 Å². The summed E-state index contributed by atoms with van der Waals surface area (Å²) in [4.78, 5) is 10.3. The van der Waals surface area contributed by atoms with E-state index in [1.807, 2.05) is 18.3 Å². The highest BCUT2D eigenvalue weighted by molar-refractivity contribution is 5.86. The Morgan fingerprint density at radius 2 is 0.701 bits per heavy atom. The van der Waals surface area contributed by atoms with E-state index in [1.54, 1.807) is 18.5 Å². The Balaban J connectivity index is 0.000000206. The summed E-state index contributed by atoms with van der Waals surface area (Å²) in [7, 11) is 0. The number of aromatic amines is 2. The molecule has 1 aliphatic rings. The van der Waals surface area contributed by atoms with Crippen LogP contribution in [0, 0.1) is 59.2 Å². The molecule has 13 aromatic rings. The van der Waals surface area contributed by atoms with Gasteiger partial charge in [-0.25, -0.2) is 4.98 Å². The average Bonchev–Trinajstić information content (AvgIpc) is 1.75. The molecule has 0 radical (unpaired) electrons. The van der Waals surface area contributed by atoms with E-state index < -0.39 is 0 Å². The first-order chi connectivity index (χ1) is 56.3. The first kappa shape index (κ1) is 96.3. The number of hydrogen-bond donors (Lipinski definition) is 3. The summed E-state index contributed by atoms with van der Waals surface area (Å²) < 4.78 is 0. The van der Waals surface area contributed by atoms with E-state index >= 15 is 0 Å². The van der Waals surface area contributed by atoms with Crippen molar-refractivity contribution in [3.05, 3.63) is 336 Å². The molecule has 11 aromatic carbocycles. The Labute approximate surface area is 711 Å². The van der Waals surface area contributed by atoms with E-state index in [9.17, 15) is 0 Å². The van der Waals surface area contributed by atoms with Crippen LogP contribution in [0.2, 0.25) is 0 Å². The van der Waals surface area contributed by atoms with E-state index in [4.69, 9.17) is 5.11 Å². The Morgan fingerprint density at radius 1 is 0.308 bits per heavy atom. The van der Waals surface area contributed by atoms with Gasteiger partial charge in [-0.15, -0.1) is 0 Å². The molecule has 0 atom stereocenters. The van der Waals surface area contributed by atoms with Gasteiger partial charge >= 0.3 is 0 Å². The lowest BCUT2D eigenvalue weighted by Gasteiger charge is -2.22. The molecular weight excluding hydrogens is 1420 g/mol. The Hall–Kier alpha value is -9.51. The number of imidazole rings is 1. The molecule has 2 aromatic heterocycles. The minimum absolute atomic E-state index is 0.350. The molecule has 0 spiro atoms. The molecule has 0 bridgehead atoms. The third-order valence-corrected chi connectivity index (χ3v) is 20.9. The van der Waals surface area contributed by atoms with Gasteiger partial charge in [0.2, 0.25) is 0 Å². The fourth-order valence-electron chi connectivity index (χ4n) is 14.5. The molecule has 1 aliphatic carbocycles. The third kappa shape index (κ3) is 41.0. The van der Waals surface area contributed by atoms with Gasteiger partial charge in [0.15, 0.2) is 0 Å². The van der Waals surface area contributed by atoms with E-state index in [1.165, 1.54) is 196 Å². The summed E-state index contributed by atoms with van der Waals surface area (Å²) >= 11 is 0. The number of fused-ring (bicyclic) bond motifs is 3. The molecule has 1 saturated carbocycles. The van der Waals surface area contributed by atoms with Crippen molar-refractivity contribution >= 4 is 32.4 Å². The van der Waals surface area contributed by atoms with Crippen LogP contribution in [0.3, 0.4) is 0 Å². The summed E-state index contributed by atoms with van der Waals surface area (Å²) in [5.74, 6) is 8.36.